The Labute approximate surface area is 125 Å². The molecular weight excluding hydrogens is 307 g/mol. The van der Waals surface area contributed by atoms with Crippen LogP contribution in [0.4, 0.5) is 0 Å². The van der Waals surface area contributed by atoms with Crippen molar-refractivity contribution < 1.29 is 17.9 Å². The van der Waals surface area contributed by atoms with Crippen LogP contribution >= 0.6 is 0 Å². The fourth-order valence-electron chi connectivity index (χ4n) is 0.973. The van der Waals surface area contributed by atoms with E-state index in [1.165, 1.54) is 12.1 Å². The largest absolute Gasteiger partial charge is 2.00 e. The minimum Gasteiger partial charge on any atom is -1.00 e. The SMILES string of the molecule is NC(Cc1ccc(O)cc1)C(=O)O.[Ba+2].[H-].[H-]. The molecule has 1 aromatic rings. The molecule has 4 nitrogen and oxygen atoms in total. The standard InChI is InChI=1S/C9H11NO3.Ba.2H/c10-8(9(12)13)5-6-1-3-7(11)4-2-6;;;/h1-4,8,11H,5,10H2,(H,12,13);;;/q;+2;2*-1. The Kier molecular flexibility index (Phi) is 6.50. The Hall–Kier alpha value is 0.0214. The number of carboxylic acids is 1. The number of carboxylic acid groups (broad SMARTS) is 1. The van der Waals surface area contributed by atoms with Gasteiger partial charge in [-0.05, 0) is 24.1 Å². The third kappa shape index (κ3) is 4.50. The third-order valence-electron chi connectivity index (χ3n) is 1.71. The van der Waals surface area contributed by atoms with Gasteiger partial charge in [-0.1, -0.05) is 12.1 Å². The van der Waals surface area contributed by atoms with Crippen LogP contribution in [0.25, 0.3) is 0 Å². The van der Waals surface area contributed by atoms with Gasteiger partial charge >= 0.3 is 54.9 Å². The average molecular weight is 321 g/mol. The van der Waals surface area contributed by atoms with Gasteiger partial charge in [-0.2, -0.15) is 0 Å². The summed E-state index contributed by atoms with van der Waals surface area (Å²) in [6.45, 7) is 0. The van der Waals surface area contributed by atoms with Crippen LogP contribution in [-0.4, -0.2) is 71.1 Å². The van der Waals surface area contributed by atoms with Crippen molar-refractivity contribution in [1.82, 2.24) is 0 Å². The Balaban J connectivity index is -0.000000563. The Morgan fingerprint density at radius 3 is 2.36 bits per heavy atom. The molecule has 0 aliphatic heterocycles. The molecule has 5 heteroatoms. The fourth-order valence-corrected chi connectivity index (χ4v) is 0.973. The van der Waals surface area contributed by atoms with E-state index in [0.29, 0.717) is 0 Å². The Morgan fingerprint density at radius 1 is 1.43 bits per heavy atom. The van der Waals surface area contributed by atoms with E-state index in [9.17, 15) is 4.79 Å². The van der Waals surface area contributed by atoms with Gasteiger partial charge in [-0.25, -0.2) is 0 Å². The maximum absolute atomic E-state index is 10.4. The van der Waals surface area contributed by atoms with Gasteiger partial charge in [-0.3, -0.25) is 4.79 Å². The van der Waals surface area contributed by atoms with Crippen LogP contribution in [0.5, 0.6) is 5.75 Å². The summed E-state index contributed by atoms with van der Waals surface area (Å²) < 4.78 is 0. The maximum Gasteiger partial charge on any atom is 2.00 e. The van der Waals surface area contributed by atoms with E-state index in [-0.39, 0.29) is 63.9 Å². The minimum atomic E-state index is -1.02. The van der Waals surface area contributed by atoms with Gasteiger partial charge in [0.1, 0.15) is 11.8 Å². The second kappa shape index (κ2) is 6.49. The molecule has 1 unspecified atom stereocenters. The molecule has 0 bridgehead atoms. The normalized spacial score (nSPS) is 11.5. The third-order valence-corrected chi connectivity index (χ3v) is 1.71. The molecule has 0 aliphatic rings. The number of nitrogens with two attached hydrogens (primary N) is 1. The summed E-state index contributed by atoms with van der Waals surface area (Å²) in [5.74, 6) is -0.860. The fraction of sp³-hybridized carbons (Fsp3) is 0.222. The zero-order valence-electron chi connectivity index (χ0n) is 9.68. The van der Waals surface area contributed by atoms with E-state index in [0.717, 1.165) is 5.56 Å². The summed E-state index contributed by atoms with van der Waals surface area (Å²) in [5, 5.41) is 17.5. The summed E-state index contributed by atoms with van der Waals surface area (Å²) in [4.78, 5) is 10.4. The predicted molar refractivity (Wildman–Crippen MR) is 55.4 cm³/mol. The maximum atomic E-state index is 10.4. The summed E-state index contributed by atoms with van der Waals surface area (Å²) in [6, 6.07) is 5.42. The number of hydrogen-bond acceptors (Lipinski definition) is 3. The summed E-state index contributed by atoms with van der Waals surface area (Å²) in [6.07, 6.45) is 0.273. The van der Waals surface area contributed by atoms with E-state index in [4.69, 9.17) is 15.9 Å². The van der Waals surface area contributed by atoms with Gasteiger partial charge in [-0.15, -0.1) is 0 Å². The molecule has 0 amide bonds. The second-order valence-electron chi connectivity index (χ2n) is 2.82. The monoisotopic (exact) mass is 321 g/mol. The van der Waals surface area contributed by atoms with Crippen LogP contribution in [-0.2, 0) is 11.2 Å². The first-order valence-electron chi connectivity index (χ1n) is 3.86. The first-order chi connectivity index (χ1) is 6.09. The summed E-state index contributed by atoms with van der Waals surface area (Å²) >= 11 is 0. The number of hydrogen-bond donors (Lipinski definition) is 3. The number of carbonyl (C=O) groups is 1. The van der Waals surface area contributed by atoms with Gasteiger partial charge in [0, 0.05) is 0 Å². The Morgan fingerprint density at radius 2 is 1.93 bits per heavy atom. The topological polar surface area (TPSA) is 83.5 Å². The van der Waals surface area contributed by atoms with E-state index >= 15 is 0 Å². The number of aliphatic carboxylic acids is 1. The summed E-state index contributed by atoms with van der Waals surface area (Å²) in [5.41, 5.74) is 6.12. The molecule has 1 atom stereocenters. The van der Waals surface area contributed by atoms with Crippen LogP contribution < -0.4 is 5.73 Å². The second-order valence-corrected chi connectivity index (χ2v) is 2.82. The number of rotatable bonds is 3. The molecule has 1 aromatic carbocycles. The molecule has 0 aromatic heterocycles. The van der Waals surface area contributed by atoms with Crippen molar-refractivity contribution in [3.8, 4) is 5.75 Å². The van der Waals surface area contributed by atoms with Gasteiger partial charge in [0.25, 0.3) is 0 Å². The van der Waals surface area contributed by atoms with Gasteiger partial charge in [0.05, 0.1) is 0 Å². The number of benzene rings is 1. The zero-order chi connectivity index (χ0) is 9.84. The minimum absolute atomic E-state index is 0. The van der Waals surface area contributed by atoms with Crippen molar-refractivity contribution in [2.45, 2.75) is 12.5 Å². The molecular formula is C9H13BaNO3. The van der Waals surface area contributed by atoms with Crippen LogP contribution in [0.3, 0.4) is 0 Å². The molecule has 0 heterocycles. The number of phenols is 1. The predicted octanol–water partition coefficient (Wildman–Crippen LogP) is 0.191. The van der Waals surface area contributed by atoms with Crippen LogP contribution in [0.15, 0.2) is 24.3 Å². The van der Waals surface area contributed by atoms with Gasteiger partial charge in [0.2, 0.25) is 0 Å². The van der Waals surface area contributed by atoms with Crippen molar-refractivity contribution >= 4 is 54.9 Å². The smallest absolute Gasteiger partial charge is 1.00 e. The molecule has 0 saturated heterocycles. The number of aromatic hydroxyl groups is 1. The van der Waals surface area contributed by atoms with Crippen molar-refractivity contribution in [1.29, 1.82) is 0 Å². The molecule has 0 aliphatic carbocycles. The molecule has 0 saturated carbocycles. The summed E-state index contributed by atoms with van der Waals surface area (Å²) in [7, 11) is 0. The van der Waals surface area contributed by atoms with E-state index in [1.54, 1.807) is 12.1 Å². The van der Waals surface area contributed by atoms with Crippen molar-refractivity contribution in [2.75, 3.05) is 0 Å². The first-order valence-corrected chi connectivity index (χ1v) is 3.86. The quantitative estimate of drug-likeness (QED) is 0.694. The first kappa shape index (κ1) is 14.0. The van der Waals surface area contributed by atoms with Crippen molar-refractivity contribution in [3.63, 3.8) is 0 Å². The Bertz CT molecular complexity index is 308. The molecule has 74 valence electrons. The van der Waals surface area contributed by atoms with Crippen LogP contribution in [0.1, 0.15) is 8.42 Å². The zero-order valence-corrected chi connectivity index (χ0v) is 12.1. The molecule has 0 radical (unpaired) electrons. The molecule has 4 N–H and O–H groups in total. The average Bonchev–Trinajstić information content (AvgIpc) is 2.08. The molecule has 0 spiro atoms. The molecule has 0 fully saturated rings. The van der Waals surface area contributed by atoms with E-state index in [2.05, 4.69) is 0 Å². The van der Waals surface area contributed by atoms with Crippen molar-refractivity contribution in [3.05, 3.63) is 29.8 Å². The van der Waals surface area contributed by atoms with Crippen LogP contribution in [0, 0.1) is 0 Å². The van der Waals surface area contributed by atoms with Crippen molar-refractivity contribution in [2.24, 2.45) is 5.73 Å². The van der Waals surface area contributed by atoms with E-state index < -0.39 is 12.0 Å². The van der Waals surface area contributed by atoms with Crippen LogP contribution in [0.2, 0.25) is 0 Å². The van der Waals surface area contributed by atoms with E-state index in [1.807, 2.05) is 0 Å². The number of phenolic OH excluding ortho intramolecular Hbond substituents is 1. The van der Waals surface area contributed by atoms with Gasteiger partial charge in [0.15, 0.2) is 0 Å². The molecule has 14 heavy (non-hydrogen) atoms. The van der Waals surface area contributed by atoms with Gasteiger partial charge < -0.3 is 18.8 Å². The molecule has 1 rings (SSSR count).